The van der Waals surface area contributed by atoms with Crippen LogP contribution in [0.3, 0.4) is 0 Å². The number of nitrogens with one attached hydrogen (secondary N) is 1. The molecule has 0 spiro atoms. The Hall–Kier alpha value is -0.810. The van der Waals surface area contributed by atoms with Crippen molar-refractivity contribution in [2.45, 2.75) is 38.9 Å². The van der Waals surface area contributed by atoms with Crippen molar-refractivity contribution >= 4 is 6.09 Å². The summed E-state index contributed by atoms with van der Waals surface area (Å²) in [6.07, 6.45) is 0.790. The Morgan fingerprint density at radius 1 is 1.47 bits per heavy atom. The quantitative estimate of drug-likeness (QED) is 0.794. The highest BCUT2D eigenvalue weighted by Gasteiger charge is 2.25. The lowest BCUT2D eigenvalue weighted by molar-refractivity contribution is 0.0232. The van der Waals surface area contributed by atoms with Crippen LogP contribution in [0.2, 0.25) is 0 Å². The number of rotatable bonds is 2. The molecule has 1 atom stereocenters. The van der Waals surface area contributed by atoms with Gasteiger partial charge in [0.25, 0.3) is 0 Å². The molecular weight excluding hydrogens is 220 g/mol. The molecule has 1 heterocycles. The van der Waals surface area contributed by atoms with Gasteiger partial charge in [-0.25, -0.2) is 4.79 Å². The van der Waals surface area contributed by atoms with Crippen molar-refractivity contribution in [1.29, 1.82) is 0 Å². The molecule has 0 aromatic carbocycles. The minimum Gasteiger partial charge on any atom is -0.444 e. The van der Waals surface area contributed by atoms with Gasteiger partial charge in [-0.15, -0.1) is 0 Å². The van der Waals surface area contributed by atoms with Gasteiger partial charge in [0.2, 0.25) is 0 Å². The zero-order valence-electron chi connectivity index (χ0n) is 11.3. The molecule has 0 aliphatic carbocycles. The van der Waals surface area contributed by atoms with Gasteiger partial charge >= 0.3 is 6.09 Å². The molecule has 1 saturated heterocycles. The van der Waals surface area contributed by atoms with Gasteiger partial charge in [-0.1, -0.05) is 0 Å². The summed E-state index contributed by atoms with van der Waals surface area (Å²) in [5, 5.41) is 3.09. The molecule has 1 amide bonds. The van der Waals surface area contributed by atoms with E-state index in [1.807, 2.05) is 27.8 Å². The SMILES string of the molecule is CNCC1CCN(C(=O)OC(C)(C)C)CCO1. The smallest absolute Gasteiger partial charge is 0.410 e. The van der Waals surface area contributed by atoms with Crippen LogP contribution in [-0.2, 0) is 9.47 Å². The van der Waals surface area contributed by atoms with Crippen molar-refractivity contribution in [2.24, 2.45) is 0 Å². The number of nitrogens with zero attached hydrogens (tertiary/aromatic N) is 1. The lowest BCUT2D eigenvalue weighted by Crippen LogP contribution is -2.38. The number of amides is 1. The molecule has 0 aromatic heterocycles. The Kier molecular flexibility index (Phi) is 5.21. The van der Waals surface area contributed by atoms with Crippen LogP contribution in [0.25, 0.3) is 0 Å². The van der Waals surface area contributed by atoms with Crippen LogP contribution >= 0.6 is 0 Å². The second-order valence-corrected chi connectivity index (χ2v) is 5.31. The summed E-state index contributed by atoms with van der Waals surface area (Å²) in [7, 11) is 1.90. The summed E-state index contributed by atoms with van der Waals surface area (Å²) < 4.78 is 11.0. The van der Waals surface area contributed by atoms with Crippen LogP contribution in [0.1, 0.15) is 27.2 Å². The minimum atomic E-state index is -0.436. The molecule has 1 fully saturated rings. The average Bonchev–Trinajstić information content (AvgIpc) is 2.41. The maximum Gasteiger partial charge on any atom is 0.410 e. The van der Waals surface area contributed by atoms with Crippen LogP contribution in [0.15, 0.2) is 0 Å². The molecule has 5 heteroatoms. The van der Waals surface area contributed by atoms with Crippen molar-refractivity contribution < 1.29 is 14.3 Å². The number of hydrogen-bond acceptors (Lipinski definition) is 4. The summed E-state index contributed by atoms with van der Waals surface area (Å²) in [5.74, 6) is 0. The first-order chi connectivity index (χ1) is 7.92. The van der Waals surface area contributed by atoms with Gasteiger partial charge in [0, 0.05) is 19.6 Å². The third-order valence-electron chi connectivity index (χ3n) is 2.52. The number of carbonyl (C=O) groups excluding carboxylic acids is 1. The molecule has 0 aromatic rings. The largest absolute Gasteiger partial charge is 0.444 e. The fraction of sp³-hybridized carbons (Fsp3) is 0.917. The topological polar surface area (TPSA) is 50.8 Å². The van der Waals surface area contributed by atoms with Crippen molar-refractivity contribution in [3.8, 4) is 0 Å². The van der Waals surface area contributed by atoms with Gasteiger partial charge in [0.1, 0.15) is 5.60 Å². The second kappa shape index (κ2) is 6.21. The molecule has 0 saturated carbocycles. The van der Waals surface area contributed by atoms with E-state index in [0.29, 0.717) is 19.7 Å². The van der Waals surface area contributed by atoms with E-state index in [9.17, 15) is 4.79 Å². The van der Waals surface area contributed by atoms with Crippen molar-refractivity contribution in [3.63, 3.8) is 0 Å². The van der Waals surface area contributed by atoms with Crippen molar-refractivity contribution in [1.82, 2.24) is 10.2 Å². The van der Waals surface area contributed by atoms with Crippen LogP contribution in [0, 0.1) is 0 Å². The highest BCUT2D eigenvalue weighted by molar-refractivity contribution is 5.68. The Morgan fingerprint density at radius 2 is 2.18 bits per heavy atom. The average molecular weight is 244 g/mol. The third kappa shape index (κ3) is 5.37. The van der Waals surface area contributed by atoms with Gasteiger partial charge in [-0.05, 0) is 34.2 Å². The molecular formula is C12H24N2O3. The molecule has 100 valence electrons. The van der Waals surface area contributed by atoms with E-state index in [1.54, 1.807) is 4.90 Å². The van der Waals surface area contributed by atoms with E-state index in [1.165, 1.54) is 0 Å². The second-order valence-electron chi connectivity index (χ2n) is 5.31. The predicted molar refractivity (Wildman–Crippen MR) is 66.1 cm³/mol. The zero-order valence-corrected chi connectivity index (χ0v) is 11.3. The molecule has 0 radical (unpaired) electrons. The van der Waals surface area contributed by atoms with E-state index in [2.05, 4.69) is 5.32 Å². The van der Waals surface area contributed by atoms with Crippen LogP contribution in [-0.4, -0.2) is 56.0 Å². The highest BCUT2D eigenvalue weighted by Crippen LogP contribution is 2.13. The lowest BCUT2D eigenvalue weighted by atomic mass is 10.2. The highest BCUT2D eigenvalue weighted by atomic mass is 16.6. The standard InChI is InChI=1S/C12H24N2O3/c1-12(2,3)17-11(15)14-6-5-10(9-13-4)16-8-7-14/h10,13H,5-9H2,1-4H3. The lowest BCUT2D eigenvalue weighted by Gasteiger charge is -2.26. The van der Waals surface area contributed by atoms with Crippen LogP contribution in [0.5, 0.6) is 0 Å². The summed E-state index contributed by atoms with van der Waals surface area (Å²) in [5.41, 5.74) is -0.436. The van der Waals surface area contributed by atoms with Gasteiger partial charge in [0.05, 0.1) is 12.7 Å². The predicted octanol–water partition coefficient (Wildman–Crippen LogP) is 1.23. The summed E-state index contributed by atoms with van der Waals surface area (Å²) in [6.45, 7) is 8.33. The fourth-order valence-corrected chi connectivity index (χ4v) is 1.72. The Labute approximate surface area is 103 Å². The van der Waals surface area contributed by atoms with Gasteiger partial charge < -0.3 is 19.7 Å². The number of carbonyl (C=O) groups is 1. The molecule has 1 rings (SSSR count). The number of ether oxygens (including phenoxy) is 2. The first-order valence-corrected chi connectivity index (χ1v) is 6.16. The normalized spacial score (nSPS) is 22.1. The maximum atomic E-state index is 11.9. The van der Waals surface area contributed by atoms with Gasteiger partial charge in [0.15, 0.2) is 0 Å². The molecule has 5 nitrogen and oxygen atoms in total. The van der Waals surface area contributed by atoms with Crippen molar-refractivity contribution in [2.75, 3.05) is 33.3 Å². The molecule has 1 N–H and O–H groups in total. The fourth-order valence-electron chi connectivity index (χ4n) is 1.72. The van der Waals surface area contributed by atoms with E-state index < -0.39 is 5.60 Å². The number of likely N-dealkylation sites (N-methyl/N-ethyl adjacent to an activating group) is 1. The first kappa shape index (κ1) is 14.3. The molecule has 1 aliphatic rings. The third-order valence-corrected chi connectivity index (χ3v) is 2.52. The van der Waals surface area contributed by atoms with E-state index >= 15 is 0 Å². The van der Waals surface area contributed by atoms with Crippen molar-refractivity contribution in [3.05, 3.63) is 0 Å². The number of hydrogen-bond donors (Lipinski definition) is 1. The van der Waals surface area contributed by atoms with Gasteiger partial charge in [-0.3, -0.25) is 0 Å². The van der Waals surface area contributed by atoms with E-state index in [4.69, 9.17) is 9.47 Å². The van der Waals surface area contributed by atoms with Crippen LogP contribution < -0.4 is 5.32 Å². The Bertz CT molecular complexity index is 251. The monoisotopic (exact) mass is 244 g/mol. The summed E-state index contributed by atoms with van der Waals surface area (Å²) >= 11 is 0. The maximum absolute atomic E-state index is 11.9. The molecule has 17 heavy (non-hydrogen) atoms. The Balaban J connectivity index is 2.43. The molecule has 1 unspecified atom stereocenters. The molecule has 1 aliphatic heterocycles. The van der Waals surface area contributed by atoms with Crippen LogP contribution in [0.4, 0.5) is 4.79 Å². The first-order valence-electron chi connectivity index (χ1n) is 6.16. The van der Waals surface area contributed by atoms with E-state index in [-0.39, 0.29) is 12.2 Å². The summed E-state index contributed by atoms with van der Waals surface area (Å²) in [6, 6.07) is 0. The summed E-state index contributed by atoms with van der Waals surface area (Å²) in [4.78, 5) is 13.6. The van der Waals surface area contributed by atoms with Gasteiger partial charge in [-0.2, -0.15) is 0 Å². The Morgan fingerprint density at radius 3 is 2.76 bits per heavy atom. The molecule has 0 bridgehead atoms. The van der Waals surface area contributed by atoms with E-state index in [0.717, 1.165) is 13.0 Å². The zero-order chi connectivity index (χ0) is 12.9. The minimum absolute atomic E-state index is 0.187.